The van der Waals surface area contributed by atoms with Gasteiger partial charge in [-0.05, 0) is 35.4 Å². The van der Waals surface area contributed by atoms with Gasteiger partial charge in [-0.25, -0.2) is 0 Å². The van der Waals surface area contributed by atoms with Gasteiger partial charge in [0.25, 0.3) is 5.91 Å². The zero-order chi connectivity index (χ0) is 20.8. The molecule has 1 amide bonds. The van der Waals surface area contributed by atoms with Crippen LogP contribution in [0, 0.1) is 0 Å². The zero-order valence-corrected chi connectivity index (χ0v) is 16.7. The molecule has 0 fully saturated rings. The van der Waals surface area contributed by atoms with Crippen LogP contribution in [0.4, 0.5) is 0 Å². The molecule has 2 heterocycles. The highest BCUT2D eigenvalue weighted by Crippen LogP contribution is 2.23. The van der Waals surface area contributed by atoms with Crippen LogP contribution in [0.25, 0.3) is 11.3 Å². The number of aromatic nitrogens is 1. The number of hydrogen-bond donors (Lipinski definition) is 2. The average molecular weight is 403 g/mol. The van der Waals surface area contributed by atoms with Gasteiger partial charge in [0, 0.05) is 37.9 Å². The van der Waals surface area contributed by atoms with Crippen molar-refractivity contribution in [3.05, 3.63) is 84.1 Å². The summed E-state index contributed by atoms with van der Waals surface area (Å²) in [6.07, 6.45) is 1.11. The van der Waals surface area contributed by atoms with Crippen LogP contribution in [0.2, 0.25) is 0 Å². The first kappa shape index (κ1) is 20.1. The molecule has 1 aromatic heterocycles. The number of fused-ring (bicyclic) bond motifs is 1. The molecule has 0 spiro atoms. The Morgan fingerprint density at radius 1 is 1.07 bits per heavy atom. The summed E-state index contributed by atoms with van der Waals surface area (Å²) < 4.78 is 5.61. The Kier molecular flexibility index (Phi) is 6.37. The Balaban J connectivity index is 1.20. The van der Waals surface area contributed by atoms with Crippen molar-refractivity contribution in [3.63, 3.8) is 0 Å². The normalized spacial score (nSPS) is 14.2. The van der Waals surface area contributed by atoms with Crippen molar-refractivity contribution in [3.8, 4) is 17.0 Å². The summed E-state index contributed by atoms with van der Waals surface area (Å²) >= 11 is 0. The van der Waals surface area contributed by atoms with Crippen LogP contribution < -0.4 is 10.1 Å². The summed E-state index contributed by atoms with van der Waals surface area (Å²) in [5.74, 6) is 0.339. The number of nitrogens with one attached hydrogen (secondary N) is 1. The number of carbonyl (C=O) groups is 1. The second kappa shape index (κ2) is 9.52. The Hall–Kier alpha value is -3.22. The lowest BCUT2D eigenvalue weighted by molar-refractivity contribution is -0.123. The maximum atomic E-state index is 12.1. The van der Waals surface area contributed by atoms with E-state index in [2.05, 4.69) is 27.3 Å². The van der Waals surface area contributed by atoms with Gasteiger partial charge in [0.05, 0.1) is 11.8 Å². The van der Waals surface area contributed by atoms with Gasteiger partial charge < -0.3 is 15.2 Å². The minimum absolute atomic E-state index is 0.104. The van der Waals surface area contributed by atoms with Gasteiger partial charge in [0.2, 0.25) is 0 Å². The number of carbonyl (C=O) groups excluding carboxylic acids is 1. The van der Waals surface area contributed by atoms with Gasteiger partial charge in [-0.3, -0.25) is 14.7 Å². The topological polar surface area (TPSA) is 74.7 Å². The van der Waals surface area contributed by atoms with Crippen LogP contribution in [0.1, 0.15) is 11.1 Å². The molecule has 154 valence electrons. The molecule has 0 aliphatic carbocycles. The number of rotatable bonds is 8. The number of β-amino-alcohol motifs (C(OH)–C–C–N with tert-alkyl or cyclic N) is 1. The Labute approximate surface area is 176 Å². The van der Waals surface area contributed by atoms with E-state index in [9.17, 15) is 9.90 Å². The lowest BCUT2D eigenvalue weighted by atomic mass is 10.1. The number of aliphatic hydroxyl groups is 1. The summed E-state index contributed by atoms with van der Waals surface area (Å²) in [5, 5.41) is 13.0. The fourth-order valence-corrected chi connectivity index (χ4v) is 3.61. The molecule has 6 nitrogen and oxygen atoms in total. The van der Waals surface area contributed by atoms with Crippen molar-refractivity contribution >= 4 is 5.91 Å². The monoisotopic (exact) mass is 403 g/mol. The minimum atomic E-state index is -0.629. The second-order valence-electron chi connectivity index (χ2n) is 7.43. The van der Waals surface area contributed by atoms with Gasteiger partial charge in [0.1, 0.15) is 5.75 Å². The molecule has 4 rings (SSSR count). The van der Waals surface area contributed by atoms with Gasteiger partial charge in [0.15, 0.2) is 6.61 Å². The predicted octanol–water partition coefficient (Wildman–Crippen LogP) is 2.62. The molecular weight excluding hydrogens is 378 g/mol. The van der Waals surface area contributed by atoms with Crippen molar-refractivity contribution in [2.45, 2.75) is 19.2 Å². The molecule has 0 saturated carbocycles. The molecule has 0 radical (unpaired) electrons. The minimum Gasteiger partial charge on any atom is -0.484 e. The second-order valence-corrected chi connectivity index (χ2v) is 7.43. The lowest BCUT2D eigenvalue weighted by Crippen LogP contribution is -2.40. The van der Waals surface area contributed by atoms with E-state index >= 15 is 0 Å². The number of benzene rings is 2. The van der Waals surface area contributed by atoms with Crippen molar-refractivity contribution < 1.29 is 14.6 Å². The number of nitrogens with zero attached hydrogens (tertiary/aromatic N) is 2. The van der Waals surface area contributed by atoms with Crippen LogP contribution in [0.3, 0.4) is 0 Å². The van der Waals surface area contributed by atoms with Gasteiger partial charge >= 0.3 is 0 Å². The average Bonchev–Trinajstić information content (AvgIpc) is 3.19. The number of aliphatic hydroxyl groups excluding tert-OH is 1. The van der Waals surface area contributed by atoms with Crippen molar-refractivity contribution in [2.75, 3.05) is 19.7 Å². The summed E-state index contributed by atoms with van der Waals surface area (Å²) in [6, 6.07) is 21.5. The molecule has 6 heteroatoms. The van der Waals surface area contributed by atoms with E-state index in [4.69, 9.17) is 4.74 Å². The van der Waals surface area contributed by atoms with Crippen molar-refractivity contribution in [1.29, 1.82) is 0 Å². The molecule has 2 aromatic carbocycles. The first-order valence-electron chi connectivity index (χ1n) is 10.1. The Morgan fingerprint density at radius 3 is 2.57 bits per heavy atom. The van der Waals surface area contributed by atoms with E-state index in [0.29, 0.717) is 12.3 Å². The Bertz CT molecular complexity index is 969. The van der Waals surface area contributed by atoms with Crippen LogP contribution >= 0.6 is 0 Å². The highest BCUT2D eigenvalue weighted by atomic mass is 16.5. The summed E-state index contributed by atoms with van der Waals surface area (Å²) in [6.45, 7) is 2.27. The summed E-state index contributed by atoms with van der Waals surface area (Å²) in [7, 11) is 0. The fraction of sp³-hybridized carbons (Fsp3) is 0.250. The number of pyridine rings is 1. The van der Waals surface area contributed by atoms with E-state index in [1.54, 1.807) is 12.3 Å². The number of amides is 1. The van der Waals surface area contributed by atoms with Gasteiger partial charge in [-0.1, -0.05) is 42.5 Å². The summed E-state index contributed by atoms with van der Waals surface area (Å²) in [5.41, 5.74) is 4.38. The summed E-state index contributed by atoms with van der Waals surface area (Å²) in [4.78, 5) is 18.6. The third-order valence-corrected chi connectivity index (χ3v) is 5.07. The standard InChI is InChI=1S/C24H25N3O3/c28-21(16-27-14-19-6-1-2-7-20(19)15-27)13-26-24(29)17-30-22-9-5-8-18(12-22)23-10-3-4-11-25-23/h1-12,21,28H,13-17H2,(H,26,29). The van der Waals surface area contributed by atoms with E-state index < -0.39 is 6.10 Å². The van der Waals surface area contributed by atoms with Gasteiger partial charge in [-0.15, -0.1) is 0 Å². The lowest BCUT2D eigenvalue weighted by Gasteiger charge is -2.19. The zero-order valence-electron chi connectivity index (χ0n) is 16.7. The maximum absolute atomic E-state index is 12.1. The molecule has 0 saturated heterocycles. The van der Waals surface area contributed by atoms with E-state index in [1.165, 1.54) is 11.1 Å². The molecular formula is C24H25N3O3. The highest BCUT2D eigenvalue weighted by Gasteiger charge is 2.20. The smallest absolute Gasteiger partial charge is 0.258 e. The van der Waals surface area contributed by atoms with Gasteiger partial charge in [-0.2, -0.15) is 0 Å². The fourth-order valence-electron chi connectivity index (χ4n) is 3.61. The number of ether oxygens (including phenoxy) is 1. The molecule has 1 atom stereocenters. The third kappa shape index (κ3) is 5.23. The van der Waals surface area contributed by atoms with Crippen molar-refractivity contribution in [2.24, 2.45) is 0 Å². The maximum Gasteiger partial charge on any atom is 0.258 e. The predicted molar refractivity (Wildman–Crippen MR) is 115 cm³/mol. The highest BCUT2D eigenvalue weighted by molar-refractivity contribution is 5.77. The van der Waals surface area contributed by atoms with Crippen LogP contribution in [-0.2, 0) is 17.9 Å². The quantitative estimate of drug-likeness (QED) is 0.605. The SMILES string of the molecule is O=C(COc1cccc(-c2ccccn2)c1)NCC(O)CN1Cc2ccccc2C1. The van der Waals surface area contributed by atoms with E-state index in [0.717, 1.165) is 24.3 Å². The third-order valence-electron chi connectivity index (χ3n) is 5.07. The van der Waals surface area contributed by atoms with Crippen LogP contribution in [0.15, 0.2) is 72.9 Å². The first-order valence-corrected chi connectivity index (χ1v) is 10.1. The largest absolute Gasteiger partial charge is 0.484 e. The molecule has 2 N–H and O–H groups in total. The van der Waals surface area contributed by atoms with Crippen LogP contribution in [-0.4, -0.2) is 46.7 Å². The molecule has 0 bridgehead atoms. The molecule has 3 aromatic rings. The van der Waals surface area contributed by atoms with Crippen LogP contribution in [0.5, 0.6) is 5.75 Å². The van der Waals surface area contributed by atoms with E-state index in [1.807, 2.05) is 48.5 Å². The first-order chi connectivity index (χ1) is 14.7. The Morgan fingerprint density at radius 2 is 1.83 bits per heavy atom. The molecule has 30 heavy (non-hydrogen) atoms. The molecule has 1 unspecified atom stereocenters. The number of hydrogen-bond acceptors (Lipinski definition) is 5. The molecule has 1 aliphatic heterocycles. The molecule has 1 aliphatic rings. The van der Waals surface area contributed by atoms with E-state index in [-0.39, 0.29) is 19.1 Å². The van der Waals surface area contributed by atoms with Crippen molar-refractivity contribution in [1.82, 2.24) is 15.2 Å².